The fraction of sp³-hybridized carbons (Fsp3) is 0.700. The fourth-order valence-corrected chi connectivity index (χ4v) is 3.73. The van der Waals surface area contributed by atoms with Crippen LogP contribution in [-0.2, 0) is 16.3 Å². The Balaban J connectivity index is 2.09. The number of rotatable bonds is 3. The number of hydrogen-bond donors (Lipinski definition) is 1. The van der Waals surface area contributed by atoms with Crippen molar-refractivity contribution in [2.75, 3.05) is 5.75 Å². The Morgan fingerprint density at radius 2 is 2.44 bits per heavy atom. The van der Waals surface area contributed by atoms with Crippen LogP contribution in [0.25, 0.3) is 0 Å². The van der Waals surface area contributed by atoms with Crippen LogP contribution in [0.2, 0.25) is 0 Å². The standard InChI is InChI=1S/C10H16N2O3S/c1-7(11)9-6-15-10(12-9)5-8-3-2-4-16(8,13)14/h6-8H,2-5,11H2,1H3. The van der Waals surface area contributed by atoms with Crippen LogP contribution < -0.4 is 5.73 Å². The molecule has 1 aromatic rings. The highest BCUT2D eigenvalue weighted by Gasteiger charge is 2.32. The summed E-state index contributed by atoms with van der Waals surface area (Å²) in [7, 11) is -2.93. The van der Waals surface area contributed by atoms with Crippen LogP contribution in [0.4, 0.5) is 0 Å². The Kier molecular flexibility index (Phi) is 3.03. The minimum Gasteiger partial charge on any atom is -0.449 e. The molecule has 2 atom stereocenters. The summed E-state index contributed by atoms with van der Waals surface area (Å²) in [4.78, 5) is 4.18. The van der Waals surface area contributed by atoms with E-state index >= 15 is 0 Å². The zero-order chi connectivity index (χ0) is 11.8. The van der Waals surface area contributed by atoms with E-state index in [0.717, 1.165) is 6.42 Å². The molecule has 90 valence electrons. The van der Waals surface area contributed by atoms with Gasteiger partial charge in [0.15, 0.2) is 15.7 Å². The molecular weight excluding hydrogens is 228 g/mol. The third-order valence-electron chi connectivity index (χ3n) is 2.90. The van der Waals surface area contributed by atoms with Gasteiger partial charge in [-0.05, 0) is 19.8 Å². The largest absolute Gasteiger partial charge is 0.449 e. The molecule has 5 nitrogen and oxygen atoms in total. The first-order valence-corrected chi connectivity index (χ1v) is 7.12. The first-order valence-electron chi connectivity index (χ1n) is 5.40. The summed E-state index contributed by atoms with van der Waals surface area (Å²) in [6.07, 6.45) is 3.32. The average Bonchev–Trinajstić information content (AvgIpc) is 2.75. The molecule has 1 aliphatic heterocycles. The van der Waals surface area contributed by atoms with E-state index in [-0.39, 0.29) is 11.3 Å². The van der Waals surface area contributed by atoms with E-state index < -0.39 is 9.84 Å². The summed E-state index contributed by atoms with van der Waals surface area (Å²) in [5.41, 5.74) is 6.32. The van der Waals surface area contributed by atoms with Gasteiger partial charge in [-0.3, -0.25) is 0 Å². The second-order valence-electron chi connectivity index (χ2n) is 4.29. The third-order valence-corrected chi connectivity index (χ3v) is 5.18. The molecule has 2 rings (SSSR count). The van der Waals surface area contributed by atoms with Gasteiger partial charge < -0.3 is 10.2 Å². The van der Waals surface area contributed by atoms with E-state index in [0.29, 0.717) is 30.2 Å². The molecule has 1 fully saturated rings. The van der Waals surface area contributed by atoms with Crippen molar-refractivity contribution in [3.8, 4) is 0 Å². The van der Waals surface area contributed by atoms with Gasteiger partial charge in [-0.1, -0.05) is 0 Å². The quantitative estimate of drug-likeness (QED) is 0.850. The Bertz CT molecular complexity index is 464. The topological polar surface area (TPSA) is 86.2 Å². The van der Waals surface area contributed by atoms with Crippen molar-refractivity contribution in [1.29, 1.82) is 0 Å². The zero-order valence-corrected chi connectivity index (χ0v) is 10.0. The maximum atomic E-state index is 11.6. The summed E-state index contributed by atoms with van der Waals surface area (Å²) in [6.45, 7) is 1.81. The molecule has 16 heavy (non-hydrogen) atoms. The average molecular weight is 244 g/mol. The van der Waals surface area contributed by atoms with Crippen LogP contribution in [0, 0.1) is 0 Å². The van der Waals surface area contributed by atoms with Crippen LogP contribution in [0.5, 0.6) is 0 Å². The lowest BCUT2D eigenvalue weighted by Gasteiger charge is -2.05. The van der Waals surface area contributed by atoms with Gasteiger partial charge in [-0.2, -0.15) is 0 Å². The molecular formula is C10H16N2O3S. The SMILES string of the molecule is CC(N)c1coc(CC2CCCS2(=O)=O)n1. The number of hydrogen-bond acceptors (Lipinski definition) is 5. The van der Waals surface area contributed by atoms with Crippen molar-refractivity contribution < 1.29 is 12.8 Å². The number of nitrogens with two attached hydrogens (primary N) is 1. The van der Waals surface area contributed by atoms with E-state index in [1.54, 1.807) is 0 Å². The number of aromatic nitrogens is 1. The van der Waals surface area contributed by atoms with Gasteiger partial charge in [0.1, 0.15) is 6.26 Å². The molecule has 1 saturated heterocycles. The van der Waals surface area contributed by atoms with Crippen LogP contribution in [0.1, 0.15) is 37.4 Å². The third kappa shape index (κ3) is 2.27. The van der Waals surface area contributed by atoms with E-state index in [1.807, 2.05) is 6.92 Å². The van der Waals surface area contributed by atoms with Crippen molar-refractivity contribution in [3.05, 3.63) is 17.8 Å². The summed E-state index contributed by atoms with van der Waals surface area (Å²) in [6, 6.07) is -0.183. The molecule has 0 spiro atoms. The van der Waals surface area contributed by atoms with Gasteiger partial charge in [0, 0.05) is 12.5 Å². The van der Waals surface area contributed by atoms with Gasteiger partial charge in [0.2, 0.25) is 0 Å². The Morgan fingerprint density at radius 3 is 2.94 bits per heavy atom. The molecule has 1 aliphatic rings. The van der Waals surface area contributed by atoms with Crippen molar-refractivity contribution in [2.45, 2.75) is 37.5 Å². The number of nitrogens with zero attached hydrogens (tertiary/aromatic N) is 1. The first kappa shape index (κ1) is 11.6. The predicted octanol–water partition coefficient (Wildman–Crippen LogP) is 0.814. The van der Waals surface area contributed by atoms with E-state index in [4.69, 9.17) is 10.2 Å². The monoisotopic (exact) mass is 244 g/mol. The second kappa shape index (κ2) is 4.18. The van der Waals surface area contributed by atoms with E-state index in [1.165, 1.54) is 6.26 Å². The van der Waals surface area contributed by atoms with E-state index in [2.05, 4.69) is 4.98 Å². The van der Waals surface area contributed by atoms with Gasteiger partial charge in [0.05, 0.1) is 16.7 Å². The molecule has 0 amide bonds. The van der Waals surface area contributed by atoms with Crippen molar-refractivity contribution in [2.24, 2.45) is 5.73 Å². The Morgan fingerprint density at radius 1 is 1.69 bits per heavy atom. The molecule has 2 N–H and O–H groups in total. The Labute approximate surface area is 95.0 Å². The van der Waals surface area contributed by atoms with Crippen molar-refractivity contribution >= 4 is 9.84 Å². The molecule has 2 unspecified atom stereocenters. The number of sulfone groups is 1. The van der Waals surface area contributed by atoms with Crippen LogP contribution >= 0.6 is 0 Å². The van der Waals surface area contributed by atoms with Gasteiger partial charge >= 0.3 is 0 Å². The molecule has 0 bridgehead atoms. The highest BCUT2D eigenvalue weighted by Crippen LogP contribution is 2.23. The molecule has 0 aliphatic carbocycles. The summed E-state index contributed by atoms with van der Waals surface area (Å²) < 4.78 is 28.5. The maximum absolute atomic E-state index is 11.6. The molecule has 0 aromatic carbocycles. The lowest BCUT2D eigenvalue weighted by Crippen LogP contribution is -2.18. The fourth-order valence-electron chi connectivity index (χ4n) is 1.91. The molecule has 1 aromatic heterocycles. The first-order chi connectivity index (χ1) is 7.49. The highest BCUT2D eigenvalue weighted by molar-refractivity contribution is 7.92. The second-order valence-corrected chi connectivity index (χ2v) is 6.69. The minimum absolute atomic E-state index is 0.183. The highest BCUT2D eigenvalue weighted by atomic mass is 32.2. The summed E-state index contributed by atoms with van der Waals surface area (Å²) in [5.74, 6) is 0.765. The molecule has 0 radical (unpaired) electrons. The van der Waals surface area contributed by atoms with Gasteiger partial charge in [-0.25, -0.2) is 13.4 Å². The smallest absolute Gasteiger partial charge is 0.195 e. The van der Waals surface area contributed by atoms with Crippen molar-refractivity contribution in [3.63, 3.8) is 0 Å². The molecule has 6 heteroatoms. The Hall–Kier alpha value is -0.880. The lowest BCUT2D eigenvalue weighted by molar-refractivity contribution is 0.482. The summed E-state index contributed by atoms with van der Waals surface area (Å²) >= 11 is 0. The predicted molar refractivity (Wildman–Crippen MR) is 59.6 cm³/mol. The van der Waals surface area contributed by atoms with Gasteiger partial charge in [0.25, 0.3) is 0 Å². The van der Waals surface area contributed by atoms with Crippen LogP contribution in [0.15, 0.2) is 10.7 Å². The van der Waals surface area contributed by atoms with Gasteiger partial charge in [-0.15, -0.1) is 0 Å². The van der Waals surface area contributed by atoms with E-state index in [9.17, 15) is 8.42 Å². The lowest BCUT2D eigenvalue weighted by atomic mass is 10.2. The zero-order valence-electron chi connectivity index (χ0n) is 9.22. The molecule has 0 saturated carbocycles. The molecule has 2 heterocycles. The van der Waals surface area contributed by atoms with Crippen molar-refractivity contribution in [1.82, 2.24) is 4.98 Å². The van der Waals surface area contributed by atoms with Crippen LogP contribution in [-0.4, -0.2) is 24.4 Å². The minimum atomic E-state index is -2.93. The van der Waals surface area contributed by atoms with Crippen LogP contribution in [0.3, 0.4) is 0 Å². The summed E-state index contributed by atoms with van der Waals surface area (Å²) in [5, 5.41) is -0.327. The number of oxazole rings is 1. The maximum Gasteiger partial charge on any atom is 0.195 e. The normalized spacial score (nSPS) is 25.8.